The Labute approximate surface area is 110 Å². The van der Waals surface area contributed by atoms with Crippen molar-refractivity contribution in [1.29, 1.82) is 0 Å². The number of halogens is 1. The van der Waals surface area contributed by atoms with Gasteiger partial charge in [-0.15, -0.1) is 0 Å². The fourth-order valence-electron chi connectivity index (χ4n) is 2.24. The highest BCUT2D eigenvalue weighted by atomic mass is 19.1. The van der Waals surface area contributed by atoms with Gasteiger partial charge >= 0.3 is 5.97 Å². The van der Waals surface area contributed by atoms with Crippen molar-refractivity contribution in [3.63, 3.8) is 0 Å². The molecule has 0 radical (unpaired) electrons. The minimum Gasteiger partial charge on any atom is -0.481 e. The van der Waals surface area contributed by atoms with E-state index in [0.29, 0.717) is 17.9 Å². The van der Waals surface area contributed by atoms with Crippen molar-refractivity contribution < 1.29 is 14.3 Å². The first-order valence-electron chi connectivity index (χ1n) is 6.34. The summed E-state index contributed by atoms with van der Waals surface area (Å²) in [5.41, 5.74) is 1.41. The Morgan fingerprint density at radius 3 is 2.74 bits per heavy atom. The summed E-state index contributed by atoms with van der Waals surface area (Å²) in [7, 11) is 0. The molecule has 19 heavy (non-hydrogen) atoms. The molecular formula is C14H17FN2O2. The SMILES string of the molecule is CCn1c(C(C)C(C)C(=O)O)nc2cc(F)ccc21. The van der Waals surface area contributed by atoms with Crippen molar-refractivity contribution >= 4 is 17.0 Å². The standard InChI is InChI=1S/C14H17FN2O2/c1-4-17-12-6-5-10(15)7-11(12)16-13(17)8(2)9(3)14(18)19/h5-9H,4H2,1-3H3,(H,18,19). The molecule has 0 saturated carbocycles. The predicted octanol–water partition coefficient (Wildman–Crippen LogP) is 3.02. The van der Waals surface area contributed by atoms with Gasteiger partial charge in [0, 0.05) is 18.5 Å². The third-order valence-electron chi connectivity index (χ3n) is 3.60. The van der Waals surface area contributed by atoms with Gasteiger partial charge in [0.1, 0.15) is 11.6 Å². The highest BCUT2D eigenvalue weighted by Crippen LogP contribution is 2.27. The quantitative estimate of drug-likeness (QED) is 0.923. The highest BCUT2D eigenvalue weighted by Gasteiger charge is 2.25. The van der Waals surface area contributed by atoms with Crippen LogP contribution in [0.3, 0.4) is 0 Å². The molecule has 0 amide bonds. The molecule has 0 bridgehead atoms. The lowest BCUT2D eigenvalue weighted by atomic mass is 9.95. The van der Waals surface area contributed by atoms with Crippen LogP contribution in [0.15, 0.2) is 18.2 Å². The molecule has 0 spiro atoms. The van der Waals surface area contributed by atoms with Crippen molar-refractivity contribution in [2.75, 3.05) is 0 Å². The molecule has 0 aliphatic rings. The summed E-state index contributed by atoms with van der Waals surface area (Å²) in [4.78, 5) is 15.5. The van der Waals surface area contributed by atoms with Gasteiger partial charge < -0.3 is 9.67 Å². The third kappa shape index (κ3) is 2.32. The highest BCUT2D eigenvalue weighted by molar-refractivity contribution is 5.77. The summed E-state index contributed by atoms with van der Waals surface area (Å²) in [5, 5.41) is 9.10. The van der Waals surface area contributed by atoms with Gasteiger partial charge in [0.25, 0.3) is 0 Å². The minimum atomic E-state index is -0.853. The summed E-state index contributed by atoms with van der Waals surface area (Å²) in [6.45, 7) is 6.13. The smallest absolute Gasteiger partial charge is 0.306 e. The lowest BCUT2D eigenvalue weighted by molar-refractivity contribution is -0.141. The Morgan fingerprint density at radius 1 is 1.47 bits per heavy atom. The van der Waals surface area contributed by atoms with E-state index in [2.05, 4.69) is 4.98 Å². The average molecular weight is 264 g/mol. The van der Waals surface area contributed by atoms with Crippen LogP contribution in [0.5, 0.6) is 0 Å². The van der Waals surface area contributed by atoms with E-state index < -0.39 is 11.9 Å². The Morgan fingerprint density at radius 2 is 2.16 bits per heavy atom. The second-order valence-corrected chi connectivity index (χ2v) is 4.76. The molecule has 1 N–H and O–H groups in total. The Balaban J connectivity index is 2.56. The lowest BCUT2D eigenvalue weighted by Crippen LogP contribution is -2.19. The molecule has 1 heterocycles. The molecule has 0 saturated heterocycles. The first-order chi connectivity index (χ1) is 8.95. The molecular weight excluding hydrogens is 247 g/mol. The zero-order chi connectivity index (χ0) is 14.2. The Hall–Kier alpha value is -1.91. The largest absolute Gasteiger partial charge is 0.481 e. The van der Waals surface area contributed by atoms with Crippen LogP contribution in [0.25, 0.3) is 11.0 Å². The molecule has 102 valence electrons. The summed E-state index contributed by atoms with van der Waals surface area (Å²) in [6.07, 6.45) is 0. The minimum absolute atomic E-state index is 0.229. The summed E-state index contributed by atoms with van der Waals surface area (Å²) < 4.78 is 15.2. The van der Waals surface area contributed by atoms with Gasteiger partial charge in [0.05, 0.1) is 17.0 Å². The number of fused-ring (bicyclic) bond motifs is 1. The first-order valence-corrected chi connectivity index (χ1v) is 6.34. The van der Waals surface area contributed by atoms with E-state index >= 15 is 0 Å². The maximum atomic E-state index is 13.2. The second-order valence-electron chi connectivity index (χ2n) is 4.76. The van der Waals surface area contributed by atoms with Crippen LogP contribution in [0.4, 0.5) is 4.39 Å². The van der Waals surface area contributed by atoms with Crippen LogP contribution >= 0.6 is 0 Å². The van der Waals surface area contributed by atoms with Crippen LogP contribution in [0, 0.1) is 11.7 Å². The van der Waals surface area contributed by atoms with Gasteiger partial charge in [-0.05, 0) is 19.1 Å². The predicted molar refractivity (Wildman–Crippen MR) is 70.6 cm³/mol. The van der Waals surface area contributed by atoms with Crippen molar-refractivity contribution in [3.05, 3.63) is 29.8 Å². The van der Waals surface area contributed by atoms with E-state index in [4.69, 9.17) is 5.11 Å². The molecule has 2 atom stereocenters. The van der Waals surface area contributed by atoms with Crippen LogP contribution < -0.4 is 0 Å². The van der Waals surface area contributed by atoms with Gasteiger partial charge in [-0.25, -0.2) is 9.37 Å². The average Bonchev–Trinajstić information content (AvgIpc) is 2.74. The second kappa shape index (κ2) is 4.99. The van der Waals surface area contributed by atoms with Gasteiger partial charge in [-0.3, -0.25) is 4.79 Å². The molecule has 0 aliphatic carbocycles. The van der Waals surface area contributed by atoms with Crippen LogP contribution in [-0.2, 0) is 11.3 Å². The molecule has 2 aromatic rings. The summed E-state index contributed by atoms with van der Waals surface area (Å²) in [6, 6.07) is 4.46. The number of carboxylic acid groups (broad SMARTS) is 1. The topological polar surface area (TPSA) is 55.1 Å². The third-order valence-corrected chi connectivity index (χ3v) is 3.60. The van der Waals surface area contributed by atoms with Crippen LogP contribution in [0.2, 0.25) is 0 Å². The molecule has 5 heteroatoms. The zero-order valence-electron chi connectivity index (χ0n) is 11.2. The monoisotopic (exact) mass is 264 g/mol. The number of nitrogens with zero attached hydrogens (tertiary/aromatic N) is 2. The first kappa shape index (κ1) is 13.5. The number of aryl methyl sites for hydroxylation is 1. The molecule has 0 fully saturated rings. The molecule has 4 nitrogen and oxygen atoms in total. The maximum Gasteiger partial charge on any atom is 0.306 e. The maximum absolute atomic E-state index is 13.2. The lowest BCUT2D eigenvalue weighted by Gasteiger charge is -2.16. The molecule has 2 unspecified atom stereocenters. The number of carboxylic acids is 1. The van der Waals surface area contributed by atoms with E-state index in [1.807, 2.05) is 18.4 Å². The van der Waals surface area contributed by atoms with E-state index in [0.717, 1.165) is 5.52 Å². The van der Waals surface area contributed by atoms with E-state index in [1.165, 1.54) is 12.1 Å². The van der Waals surface area contributed by atoms with Crippen molar-refractivity contribution in [3.8, 4) is 0 Å². The van der Waals surface area contributed by atoms with Gasteiger partial charge in [-0.1, -0.05) is 13.8 Å². The van der Waals surface area contributed by atoms with Crippen LogP contribution in [-0.4, -0.2) is 20.6 Å². The molecule has 1 aromatic heterocycles. The Bertz CT molecular complexity index is 621. The summed E-state index contributed by atoms with van der Waals surface area (Å²) >= 11 is 0. The van der Waals surface area contributed by atoms with E-state index in [9.17, 15) is 9.18 Å². The van der Waals surface area contributed by atoms with Crippen molar-refractivity contribution in [2.45, 2.75) is 33.2 Å². The number of rotatable bonds is 4. The molecule has 0 aliphatic heterocycles. The van der Waals surface area contributed by atoms with Crippen molar-refractivity contribution in [2.24, 2.45) is 5.92 Å². The van der Waals surface area contributed by atoms with Gasteiger partial charge in [0.2, 0.25) is 0 Å². The number of carbonyl (C=O) groups is 1. The molecule has 2 rings (SSSR count). The normalized spacial score (nSPS) is 14.5. The van der Waals surface area contributed by atoms with E-state index in [1.54, 1.807) is 13.0 Å². The van der Waals surface area contributed by atoms with Crippen LogP contribution in [0.1, 0.15) is 32.5 Å². The number of aromatic nitrogens is 2. The van der Waals surface area contributed by atoms with Gasteiger partial charge in [0.15, 0.2) is 0 Å². The number of hydrogen-bond acceptors (Lipinski definition) is 2. The molecule has 1 aromatic carbocycles. The van der Waals surface area contributed by atoms with E-state index in [-0.39, 0.29) is 11.7 Å². The number of aliphatic carboxylic acids is 1. The Kier molecular flexibility index (Phi) is 3.55. The zero-order valence-corrected chi connectivity index (χ0v) is 11.2. The number of imidazole rings is 1. The summed E-state index contributed by atoms with van der Waals surface area (Å²) in [5.74, 6) is -1.26. The number of hydrogen-bond donors (Lipinski definition) is 1. The number of benzene rings is 1. The van der Waals surface area contributed by atoms with Gasteiger partial charge in [-0.2, -0.15) is 0 Å². The fourth-order valence-corrected chi connectivity index (χ4v) is 2.24. The van der Waals surface area contributed by atoms with Crippen molar-refractivity contribution in [1.82, 2.24) is 9.55 Å². The fraction of sp³-hybridized carbons (Fsp3) is 0.429.